The van der Waals surface area contributed by atoms with Crippen LogP contribution in [0, 0.1) is 0 Å². The zero-order chi connectivity index (χ0) is 26.2. The van der Waals surface area contributed by atoms with Gasteiger partial charge in [-0.3, -0.25) is 4.55 Å². The summed E-state index contributed by atoms with van der Waals surface area (Å²) in [5, 5.41) is 0. The molecule has 0 aromatic heterocycles. The topological polar surface area (TPSA) is 54.4 Å². The van der Waals surface area contributed by atoms with Gasteiger partial charge in [0.25, 0.3) is 10.1 Å². The van der Waals surface area contributed by atoms with Gasteiger partial charge in [0.2, 0.25) is 0 Å². The molecule has 4 heteroatoms. The normalized spacial score (nSPS) is 11.8. The van der Waals surface area contributed by atoms with Crippen LogP contribution in [0.1, 0.15) is 167 Å². The van der Waals surface area contributed by atoms with Gasteiger partial charge in [0.05, 0.1) is 4.90 Å². The number of rotatable bonds is 26. The smallest absolute Gasteiger partial charge is 0.282 e. The molecule has 1 rings (SSSR count). The third-order valence-electron chi connectivity index (χ3n) is 7.55. The maximum absolute atomic E-state index is 11.4. The van der Waals surface area contributed by atoms with Crippen LogP contribution in [0.5, 0.6) is 0 Å². The average Bonchev–Trinajstić information content (AvgIpc) is 2.86. The van der Waals surface area contributed by atoms with Crippen LogP contribution in [0.3, 0.4) is 0 Å². The summed E-state index contributed by atoms with van der Waals surface area (Å²) in [6, 6.07) is 6.79. The fourth-order valence-corrected chi connectivity index (χ4v) is 5.99. The van der Waals surface area contributed by atoms with E-state index in [2.05, 4.69) is 6.92 Å². The molecule has 210 valence electrons. The lowest BCUT2D eigenvalue weighted by molar-refractivity contribution is 0.481. The van der Waals surface area contributed by atoms with Crippen molar-refractivity contribution in [3.8, 4) is 0 Å². The van der Waals surface area contributed by atoms with Crippen LogP contribution >= 0.6 is 0 Å². The molecule has 0 saturated heterocycles. The van der Waals surface area contributed by atoms with E-state index in [9.17, 15) is 13.0 Å². The van der Waals surface area contributed by atoms with Crippen molar-refractivity contribution in [2.45, 2.75) is 172 Å². The number of hydrogen-bond donors (Lipinski definition) is 1. The predicted molar refractivity (Wildman–Crippen MR) is 156 cm³/mol. The second-order valence-corrected chi connectivity index (χ2v) is 12.4. The van der Waals surface area contributed by atoms with Crippen molar-refractivity contribution in [1.29, 1.82) is 0 Å². The van der Waals surface area contributed by atoms with Gasteiger partial charge in [0, 0.05) is 0 Å². The van der Waals surface area contributed by atoms with Crippen LogP contribution in [0.25, 0.3) is 0 Å². The Morgan fingerprint density at radius 1 is 0.500 bits per heavy atom. The first-order valence-electron chi connectivity index (χ1n) is 15.6. The lowest BCUT2D eigenvalue weighted by Crippen LogP contribution is -2.03. The van der Waals surface area contributed by atoms with Crippen LogP contribution in [0.2, 0.25) is 0 Å². The fourth-order valence-electron chi connectivity index (χ4n) is 5.24. The summed E-state index contributed by atoms with van der Waals surface area (Å²) in [6.07, 6.45) is 33.8. The van der Waals surface area contributed by atoms with Gasteiger partial charge in [-0.1, -0.05) is 173 Å². The molecule has 1 aromatic carbocycles. The number of unbranched alkanes of at least 4 members (excludes halogenated alkanes) is 23. The lowest BCUT2D eigenvalue weighted by atomic mass is 10.0. The molecule has 0 aliphatic rings. The third kappa shape index (κ3) is 19.3. The van der Waals surface area contributed by atoms with E-state index in [0.717, 1.165) is 24.8 Å². The summed E-state index contributed by atoms with van der Waals surface area (Å²) in [7, 11) is -4.11. The van der Waals surface area contributed by atoms with E-state index >= 15 is 0 Å². The number of benzene rings is 1. The summed E-state index contributed by atoms with van der Waals surface area (Å²) < 4.78 is 32.2. The molecule has 0 atom stereocenters. The summed E-state index contributed by atoms with van der Waals surface area (Å²) in [6.45, 7) is 2.29. The Morgan fingerprint density at radius 2 is 0.806 bits per heavy atom. The highest BCUT2D eigenvalue weighted by Crippen LogP contribution is 2.19. The van der Waals surface area contributed by atoms with Crippen molar-refractivity contribution >= 4 is 10.1 Å². The molecule has 0 amide bonds. The Kier molecular flexibility index (Phi) is 21.4. The zero-order valence-corrected chi connectivity index (χ0v) is 24.5. The Hall–Kier alpha value is -0.870. The molecule has 3 nitrogen and oxygen atoms in total. The van der Waals surface area contributed by atoms with Gasteiger partial charge in [0.1, 0.15) is 0 Å². The van der Waals surface area contributed by atoms with Crippen molar-refractivity contribution in [2.24, 2.45) is 0 Å². The van der Waals surface area contributed by atoms with Crippen LogP contribution in [-0.4, -0.2) is 13.0 Å². The first kappa shape index (κ1) is 33.2. The molecule has 0 bridgehead atoms. The fraction of sp³-hybridized carbons (Fsp3) is 0.812. The summed E-state index contributed by atoms with van der Waals surface area (Å²) in [5.74, 6) is 0. The van der Waals surface area contributed by atoms with Gasteiger partial charge in [0.15, 0.2) is 0 Å². The molecule has 0 fully saturated rings. The van der Waals surface area contributed by atoms with Crippen molar-refractivity contribution in [3.05, 3.63) is 29.8 Å². The number of aryl methyl sites for hydroxylation is 1. The largest absolute Gasteiger partial charge is 0.294 e. The van der Waals surface area contributed by atoms with Crippen molar-refractivity contribution in [1.82, 2.24) is 0 Å². The molecule has 0 saturated carbocycles. The molecular weight excluding hydrogens is 464 g/mol. The van der Waals surface area contributed by atoms with Crippen LogP contribution in [-0.2, 0) is 16.5 Å². The Bertz CT molecular complexity index is 714. The second-order valence-electron chi connectivity index (χ2n) is 11.0. The van der Waals surface area contributed by atoms with E-state index in [0.29, 0.717) is 0 Å². The maximum atomic E-state index is 11.4. The minimum absolute atomic E-state index is 0.0686. The summed E-state index contributed by atoms with van der Waals surface area (Å²) in [4.78, 5) is 0.0686. The predicted octanol–water partition coefficient (Wildman–Crippen LogP) is 10.9. The minimum atomic E-state index is -4.11. The van der Waals surface area contributed by atoms with Gasteiger partial charge in [-0.25, -0.2) is 0 Å². The molecule has 0 radical (unpaired) electrons. The monoisotopic (exact) mass is 522 g/mol. The lowest BCUT2D eigenvalue weighted by Gasteiger charge is -2.07. The van der Waals surface area contributed by atoms with E-state index < -0.39 is 10.1 Å². The van der Waals surface area contributed by atoms with Gasteiger partial charge >= 0.3 is 0 Å². The first-order chi connectivity index (χ1) is 17.6. The average molecular weight is 523 g/mol. The van der Waals surface area contributed by atoms with E-state index in [1.165, 1.54) is 147 Å². The highest BCUT2D eigenvalue weighted by molar-refractivity contribution is 7.85. The molecule has 0 unspecified atom stereocenters. The third-order valence-corrected chi connectivity index (χ3v) is 8.50. The summed E-state index contributed by atoms with van der Waals surface area (Å²) >= 11 is 0. The van der Waals surface area contributed by atoms with Gasteiger partial charge in [-0.15, -0.1) is 0 Å². The van der Waals surface area contributed by atoms with Crippen LogP contribution in [0.15, 0.2) is 29.2 Å². The van der Waals surface area contributed by atoms with Crippen molar-refractivity contribution in [2.75, 3.05) is 0 Å². The molecule has 1 N–H and O–H groups in total. The molecule has 0 aliphatic carbocycles. The molecule has 0 heterocycles. The maximum Gasteiger partial charge on any atom is 0.294 e. The van der Waals surface area contributed by atoms with E-state index in [1.54, 1.807) is 6.07 Å². The molecule has 0 aliphatic heterocycles. The minimum Gasteiger partial charge on any atom is -0.282 e. The Balaban J connectivity index is 1.77. The van der Waals surface area contributed by atoms with Gasteiger partial charge in [-0.2, -0.15) is 8.42 Å². The Morgan fingerprint density at radius 3 is 1.14 bits per heavy atom. The second kappa shape index (κ2) is 23.3. The molecule has 36 heavy (non-hydrogen) atoms. The van der Waals surface area contributed by atoms with Crippen LogP contribution in [0.4, 0.5) is 0 Å². The van der Waals surface area contributed by atoms with Gasteiger partial charge < -0.3 is 0 Å². The summed E-state index contributed by atoms with van der Waals surface area (Å²) in [5.41, 5.74) is 0.735. The SMILES string of the molecule is CCCCCCCCCCCCCCCCCCCCCCCCCCc1ccccc1S(=O)(=O)O. The van der Waals surface area contributed by atoms with E-state index in [-0.39, 0.29) is 4.90 Å². The molecular formula is C32H58O3S. The zero-order valence-electron chi connectivity index (χ0n) is 23.7. The standard InChI is InChI=1S/C32H58O3S/c1-2-3-4-5-6-7-8-9-10-11-12-13-14-15-16-17-18-19-20-21-22-23-24-25-28-31-29-26-27-30-32(31)36(33,34)35/h26-27,29-30H,2-25,28H2,1H3,(H,33,34,35). The van der Waals surface area contributed by atoms with Gasteiger partial charge in [-0.05, 0) is 24.5 Å². The quantitative estimate of drug-likeness (QED) is 0.0972. The van der Waals surface area contributed by atoms with E-state index in [1.807, 2.05) is 12.1 Å². The first-order valence-corrected chi connectivity index (χ1v) is 17.0. The number of hydrogen-bond acceptors (Lipinski definition) is 2. The highest BCUT2D eigenvalue weighted by Gasteiger charge is 2.13. The van der Waals surface area contributed by atoms with Crippen molar-refractivity contribution < 1.29 is 13.0 Å². The molecule has 0 spiro atoms. The van der Waals surface area contributed by atoms with Crippen LogP contribution < -0.4 is 0 Å². The Labute approximate surface area is 225 Å². The highest BCUT2D eigenvalue weighted by atomic mass is 32.2. The van der Waals surface area contributed by atoms with E-state index in [4.69, 9.17) is 0 Å². The van der Waals surface area contributed by atoms with Crippen molar-refractivity contribution in [3.63, 3.8) is 0 Å². The molecule has 1 aromatic rings.